The summed E-state index contributed by atoms with van der Waals surface area (Å²) in [7, 11) is 0. The van der Waals surface area contributed by atoms with Gasteiger partial charge in [-0.25, -0.2) is 0 Å². The Morgan fingerprint density at radius 1 is 1.09 bits per heavy atom. The van der Waals surface area contributed by atoms with E-state index in [1.165, 1.54) is 23.8 Å². The smallest absolute Gasteiger partial charge is 0.252 e. The number of hydrogen-bond donors (Lipinski definition) is 1. The molecule has 1 N–H and O–H groups in total. The molecule has 1 aliphatic carbocycles. The highest BCUT2D eigenvalue weighted by Gasteiger charge is 2.35. The number of hydrogen-bond acceptors (Lipinski definition) is 5. The Labute approximate surface area is 199 Å². The fraction of sp³-hybridized carbons (Fsp3) is 0.393. The Hall–Kier alpha value is -3.61. The molecule has 0 atom stereocenters. The zero-order chi connectivity index (χ0) is 23.5. The van der Waals surface area contributed by atoms with E-state index in [2.05, 4.69) is 28.4 Å². The van der Waals surface area contributed by atoms with E-state index < -0.39 is 0 Å². The summed E-state index contributed by atoms with van der Waals surface area (Å²) in [5.74, 6) is -0.126. The lowest BCUT2D eigenvalue weighted by Gasteiger charge is -2.40. The number of nitrogens with zero attached hydrogens (tertiary/aromatic N) is 3. The molecular formula is C28H28N4O2. The molecular weight excluding hydrogens is 424 g/mol. The molecule has 0 saturated heterocycles. The molecule has 2 heterocycles. The van der Waals surface area contributed by atoms with Crippen LogP contribution < -0.4 is 5.32 Å². The summed E-state index contributed by atoms with van der Waals surface area (Å²) >= 11 is 0. The minimum atomic E-state index is -0.237. The maximum atomic E-state index is 13.5. The van der Waals surface area contributed by atoms with Crippen LogP contribution in [0.15, 0.2) is 47.1 Å². The maximum absolute atomic E-state index is 13.5. The number of amides is 1. The first-order chi connectivity index (χ1) is 16.6. The Bertz CT molecular complexity index is 1300. The number of benzene rings is 2. The summed E-state index contributed by atoms with van der Waals surface area (Å²) in [5.41, 5.74) is 4.52. The molecule has 0 radical (unpaired) electrons. The van der Waals surface area contributed by atoms with Crippen molar-refractivity contribution in [1.29, 1.82) is 10.5 Å². The lowest BCUT2D eigenvalue weighted by Crippen LogP contribution is -2.51. The second-order valence-corrected chi connectivity index (χ2v) is 9.61. The number of furan rings is 1. The van der Waals surface area contributed by atoms with E-state index in [-0.39, 0.29) is 11.4 Å². The quantitative estimate of drug-likeness (QED) is 0.584. The predicted octanol–water partition coefficient (Wildman–Crippen LogP) is 5.06. The van der Waals surface area contributed by atoms with Gasteiger partial charge in [0.2, 0.25) is 0 Å². The maximum Gasteiger partial charge on any atom is 0.252 e. The molecule has 0 spiro atoms. The van der Waals surface area contributed by atoms with Gasteiger partial charge in [0.1, 0.15) is 17.9 Å². The zero-order valence-electron chi connectivity index (χ0n) is 19.3. The fourth-order valence-electron chi connectivity index (χ4n) is 5.58. The Balaban J connectivity index is 1.32. The average Bonchev–Trinajstić information content (AvgIpc) is 3.31. The van der Waals surface area contributed by atoms with Crippen LogP contribution in [0.2, 0.25) is 0 Å². The summed E-state index contributed by atoms with van der Waals surface area (Å²) in [6.45, 7) is 2.76. The standard InChI is InChI=1S/C28H28N4O2/c29-16-20-7-8-22-18-32(13-9-21(22)15-20)14-12-28(10-2-1-3-11-28)31-27(33)24-5-4-6-25-26(24)23(17-30)19-34-25/h4-8,15,19H,1-3,9-14,18H2,(H,31,33). The molecule has 2 aromatic carbocycles. The Kier molecular flexibility index (Phi) is 6.09. The third kappa shape index (κ3) is 4.30. The van der Waals surface area contributed by atoms with E-state index >= 15 is 0 Å². The van der Waals surface area contributed by atoms with Gasteiger partial charge in [0.25, 0.3) is 5.91 Å². The molecule has 1 aromatic heterocycles. The summed E-state index contributed by atoms with van der Waals surface area (Å²) in [5, 5.41) is 22.6. The Morgan fingerprint density at radius 3 is 2.74 bits per heavy atom. The molecule has 1 amide bonds. The second kappa shape index (κ2) is 9.33. The van der Waals surface area contributed by atoms with E-state index in [4.69, 9.17) is 9.68 Å². The molecule has 3 aromatic rings. The molecule has 34 heavy (non-hydrogen) atoms. The molecule has 172 valence electrons. The average molecular weight is 453 g/mol. The van der Waals surface area contributed by atoms with Crippen molar-refractivity contribution in [2.75, 3.05) is 13.1 Å². The third-order valence-electron chi connectivity index (χ3n) is 7.49. The van der Waals surface area contributed by atoms with Crippen molar-refractivity contribution in [3.05, 3.63) is 70.5 Å². The zero-order valence-corrected chi connectivity index (χ0v) is 19.3. The fourth-order valence-corrected chi connectivity index (χ4v) is 5.58. The first kappa shape index (κ1) is 22.2. The van der Waals surface area contributed by atoms with Crippen LogP contribution in [0.1, 0.15) is 71.1 Å². The van der Waals surface area contributed by atoms with Crippen molar-refractivity contribution in [1.82, 2.24) is 10.2 Å². The lowest BCUT2D eigenvalue weighted by atomic mass is 9.78. The van der Waals surface area contributed by atoms with Crippen LogP contribution in [0.5, 0.6) is 0 Å². The molecule has 1 fully saturated rings. The minimum absolute atomic E-state index is 0.126. The normalized spacial score (nSPS) is 17.5. The Morgan fingerprint density at radius 2 is 1.94 bits per heavy atom. The van der Waals surface area contributed by atoms with Crippen LogP contribution >= 0.6 is 0 Å². The van der Waals surface area contributed by atoms with Crippen LogP contribution in [-0.2, 0) is 13.0 Å². The third-order valence-corrected chi connectivity index (χ3v) is 7.49. The number of nitriles is 2. The highest BCUT2D eigenvalue weighted by molar-refractivity contribution is 6.08. The van der Waals surface area contributed by atoms with Gasteiger partial charge in [-0.1, -0.05) is 31.4 Å². The molecule has 5 rings (SSSR count). The first-order valence-electron chi connectivity index (χ1n) is 12.1. The van der Waals surface area contributed by atoms with Gasteiger partial charge < -0.3 is 9.73 Å². The first-order valence-corrected chi connectivity index (χ1v) is 12.1. The van der Waals surface area contributed by atoms with Crippen molar-refractivity contribution in [3.63, 3.8) is 0 Å². The molecule has 1 aliphatic heterocycles. The number of carbonyl (C=O) groups is 1. The van der Waals surface area contributed by atoms with Crippen LogP contribution in [0.3, 0.4) is 0 Å². The molecule has 0 unspecified atom stereocenters. The van der Waals surface area contributed by atoms with Gasteiger partial charge in [-0.15, -0.1) is 0 Å². The van der Waals surface area contributed by atoms with Crippen molar-refractivity contribution in [2.45, 2.75) is 57.0 Å². The van der Waals surface area contributed by atoms with Gasteiger partial charge in [-0.3, -0.25) is 9.69 Å². The van der Waals surface area contributed by atoms with Crippen LogP contribution in [0.4, 0.5) is 0 Å². The number of fused-ring (bicyclic) bond motifs is 2. The van der Waals surface area contributed by atoms with Gasteiger partial charge in [-0.05, 0) is 61.1 Å². The molecule has 1 saturated carbocycles. The van der Waals surface area contributed by atoms with Gasteiger partial charge in [0, 0.05) is 25.2 Å². The van der Waals surface area contributed by atoms with E-state index in [9.17, 15) is 10.1 Å². The summed E-state index contributed by atoms with van der Waals surface area (Å²) < 4.78 is 5.49. The van der Waals surface area contributed by atoms with Crippen molar-refractivity contribution in [3.8, 4) is 12.1 Å². The topological polar surface area (TPSA) is 93.1 Å². The molecule has 6 nitrogen and oxygen atoms in total. The van der Waals surface area contributed by atoms with E-state index in [0.717, 1.165) is 63.7 Å². The van der Waals surface area contributed by atoms with Crippen molar-refractivity contribution < 1.29 is 9.21 Å². The van der Waals surface area contributed by atoms with Crippen LogP contribution in [0.25, 0.3) is 11.0 Å². The number of rotatable bonds is 5. The molecule has 0 bridgehead atoms. The van der Waals surface area contributed by atoms with Crippen molar-refractivity contribution >= 4 is 16.9 Å². The van der Waals surface area contributed by atoms with E-state index in [1.807, 2.05) is 12.1 Å². The minimum Gasteiger partial charge on any atom is -0.463 e. The molecule has 2 aliphatic rings. The lowest BCUT2D eigenvalue weighted by molar-refractivity contribution is 0.0842. The van der Waals surface area contributed by atoms with Crippen LogP contribution in [0, 0.1) is 22.7 Å². The predicted molar refractivity (Wildman–Crippen MR) is 129 cm³/mol. The van der Waals surface area contributed by atoms with Gasteiger partial charge >= 0.3 is 0 Å². The van der Waals surface area contributed by atoms with Gasteiger partial charge in [0.15, 0.2) is 0 Å². The summed E-state index contributed by atoms with van der Waals surface area (Å²) in [4.78, 5) is 15.9. The monoisotopic (exact) mass is 452 g/mol. The van der Waals surface area contributed by atoms with Gasteiger partial charge in [-0.2, -0.15) is 10.5 Å². The highest BCUT2D eigenvalue weighted by atomic mass is 16.3. The van der Waals surface area contributed by atoms with Crippen molar-refractivity contribution in [2.24, 2.45) is 0 Å². The van der Waals surface area contributed by atoms with E-state index in [1.54, 1.807) is 18.2 Å². The summed E-state index contributed by atoms with van der Waals surface area (Å²) in [6.07, 6.45) is 8.64. The highest BCUT2D eigenvalue weighted by Crippen LogP contribution is 2.33. The SMILES string of the molecule is N#Cc1ccc2c(c1)CCN(CCC1(NC(=O)c3cccc4occ(C#N)c34)CCCCC1)C2. The number of nitrogens with one attached hydrogen (secondary N) is 1. The van der Waals surface area contributed by atoms with Gasteiger partial charge in [0.05, 0.1) is 28.1 Å². The number of carbonyl (C=O) groups excluding carboxylic acids is 1. The van der Waals surface area contributed by atoms with E-state index in [0.29, 0.717) is 22.1 Å². The molecule has 6 heteroatoms. The largest absolute Gasteiger partial charge is 0.463 e. The summed E-state index contributed by atoms with van der Waals surface area (Å²) in [6, 6.07) is 15.7. The second-order valence-electron chi connectivity index (χ2n) is 9.61. The van der Waals surface area contributed by atoms with Crippen LogP contribution in [-0.4, -0.2) is 29.4 Å².